The molecule has 1 amide bonds. The van der Waals surface area contributed by atoms with Gasteiger partial charge in [0.05, 0.1) is 28.5 Å². The summed E-state index contributed by atoms with van der Waals surface area (Å²) in [7, 11) is 0. The summed E-state index contributed by atoms with van der Waals surface area (Å²) in [4.78, 5) is 37.1. The van der Waals surface area contributed by atoms with Gasteiger partial charge in [-0.1, -0.05) is 43.2 Å². The Morgan fingerprint density at radius 2 is 1.97 bits per heavy atom. The van der Waals surface area contributed by atoms with Crippen LogP contribution in [0.25, 0.3) is 16.6 Å². The number of hydrogen-bond donors (Lipinski definition) is 0. The first-order valence-corrected chi connectivity index (χ1v) is 11.5. The van der Waals surface area contributed by atoms with Gasteiger partial charge in [-0.3, -0.25) is 19.1 Å². The normalized spacial score (nSPS) is 14.7. The minimum Gasteiger partial charge on any atom is -0.339 e. The van der Waals surface area contributed by atoms with E-state index in [9.17, 15) is 9.59 Å². The number of benzene rings is 1. The molecule has 2 heterocycles. The molecular formula is C23H26N4O2S. The number of carbonyl (C=O) groups is 1. The number of para-hydroxylation sites is 1. The Balaban J connectivity index is 1.64. The van der Waals surface area contributed by atoms with Crippen LogP contribution in [0.1, 0.15) is 39.0 Å². The number of hydrogen-bond acceptors (Lipinski definition) is 5. The molecular weight excluding hydrogens is 396 g/mol. The van der Waals surface area contributed by atoms with Gasteiger partial charge in [-0.15, -0.1) is 0 Å². The van der Waals surface area contributed by atoms with Crippen LogP contribution in [0.3, 0.4) is 0 Å². The first-order valence-electron chi connectivity index (χ1n) is 10.5. The molecule has 0 radical (unpaired) electrons. The van der Waals surface area contributed by atoms with Gasteiger partial charge in [0.2, 0.25) is 5.91 Å². The third-order valence-electron chi connectivity index (χ3n) is 5.65. The van der Waals surface area contributed by atoms with Gasteiger partial charge in [0.15, 0.2) is 5.16 Å². The van der Waals surface area contributed by atoms with Gasteiger partial charge >= 0.3 is 0 Å². The summed E-state index contributed by atoms with van der Waals surface area (Å²) in [6, 6.07) is 11.3. The highest BCUT2D eigenvalue weighted by molar-refractivity contribution is 7.99. The standard InChI is InChI=1S/C23H26N4O2S/c1-2-26(17-9-4-3-5-10-17)21(28)16-30-23-25-20-13-7-6-12-19(20)22(29)27(23)18-11-8-14-24-15-18/h6-8,11-15,17H,2-5,9-10,16H2,1H3. The molecule has 7 heteroatoms. The molecule has 6 nitrogen and oxygen atoms in total. The van der Waals surface area contributed by atoms with Crippen LogP contribution in [0.2, 0.25) is 0 Å². The van der Waals surface area contributed by atoms with E-state index < -0.39 is 0 Å². The number of carbonyl (C=O) groups excluding carboxylic acids is 1. The Kier molecular flexibility index (Phi) is 6.47. The van der Waals surface area contributed by atoms with Crippen molar-refractivity contribution in [3.63, 3.8) is 0 Å². The van der Waals surface area contributed by atoms with Gasteiger partial charge in [-0.2, -0.15) is 0 Å². The molecule has 30 heavy (non-hydrogen) atoms. The van der Waals surface area contributed by atoms with Crippen LogP contribution in [-0.2, 0) is 4.79 Å². The van der Waals surface area contributed by atoms with Gasteiger partial charge in [-0.25, -0.2) is 4.98 Å². The van der Waals surface area contributed by atoms with E-state index in [1.165, 1.54) is 31.0 Å². The first-order chi connectivity index (χ1) is 14.7. The highest BCUT2D eigenvalue weighted by Gasteiger charge is 2.24. The van der Waals surface area contributed by atoms with Crippen molar-refractivity contribution in [2.24, 2.45) is 0 Å². The summed E-state index contributed by atoms with van der Waals surface area (Å²) >= 11 is 1.32. The van der Waals surface area contributed by atoms with Crippen molar-refractivity contribution in [3.8, 4) is 5.69 Å². The number of rotatable bonds is 6. The van der Waals surface area contributed by atoms with Crippen LogP contribution in [-0.4, -0.2) is 43.7 Å². The maximum atomic E-state index is 13.2. The van der Waals surface area contributed by atoms with E-state index in [1.807, 2.05) is 36.1 Å². The van der Waals surface area contributed by atoms with Gasteiger partial charge in [-0.05, 0) is 44.0 Å². The third-order valence-corrected chi connectivity index (χ3v) is 6.57. The minimum atomic E-state index is -0.150. The summed E-state index contributed by atoms with van der Waals surface area (Å²) in [5.74, 6) is 0.365. The smallest absolute Gasteiger partial charge is 0.266 e. The van der Waals surface area contributed by atoms with E-state index in [2.05, 4.69) is 4.98 Å². The Labute approximate surface area is 180 Å². The van der Waals surface area contributed by atoms with Crippen molar-refractivity contribution in [2.45, 2.75) is 50.2 Å². The fourth-order valence-electron chi connectivity index (χ4n) is 4.16. The molecule has 0 N–H and O–H groups in total. The molecule has 1 fully saturated rings. The molecule has 4 rings (SSSR count). The van der Waals surface area contributed by atoms with E-state index in [-0.39, 0.29) is 17.2 Å². The molecule has 0 atom stereocenters. The van der Waals surface area contributed by atoms with Gasteiger partial charge in [0.1, 0.15) is 0 Å². The van der Waals surface area contributed by atoms with Crippen LogP contribution < -0.4 is 5.56 Å². The fourth-order valence-corrected chi connectivity index (χ4v) is 5.06. The Morgan fingerprint density at radius 1 is 1.17 bits per heavy atom. The maximum Gasteiger partial charge on any atom is 0.266 e. The Bertz CT molecular complexity index is 1080. The van der Waals surface area contributed by atoms with Crippen molar-refractivity contribution >= 4 is 28.6 Å². The molecule has 156 valence electrons. The summed E-state index contributed by atoms with van der Waals surface area (Å²) in [5, 5.41) is 1.06. The molecule has 0 bridgehead atoms. The van der Waals surface area contributed by atoms with E-state index in [1.54, 1.807) is 29.1 Å². The van der Waals surface area contributed by atoms with Gasteiger partial charge in [0, 0.05) is 18.8 Å². The number of pyridine rings is 1. The largest absolute Gasteiger partial charge is 0.339 e. The van der Waals surface area contributed by atoms with E-state index in [0.29, 0.717) is 34.3 Å². The molecule has 1 saturated carbocycles. The van der Waals surface area contributed by atoms with Gasteiger partial charge in [0.25, 0.3) is 5.56 Å². The molecule has 1 aromatic carbocycles. The van der Waals surface area contributed by atoms with Crippen molar-refractivity contribution in [3.05, 3.63) is 59.1 Å². The van der Waals surface area contributed by atoms with Gasteiger partial charge < -0.3 is 4.90 Å². The van der Waals surface area contributed by atoms with Crippen LogP contribution in [0, 0.1) is 0 Å². The highest BCUT2D eigenvalue weighted by Crippen LogP contribution is 2.25. The predicted octanol–water partition coefficient (Wildman–Crippen LogP) is 4.05. The number of nitrogens with zero attached hydrogens (tertiary/aromatic N) is 4. The van der Waals surface area contributed by atoms with Crippen molar-refractivity contribution in [2.75, 3.05) is 12.3 Å². The average Bonchev–Trinajstić information content (AvgIpc) is 2.79. The number of thioether (sulfide) groups is 1. The minimum absolute atomic E-state index is 0.106. The number of amides is 1. The van der Waals surface area contributed by atoms with Crippen molar-refractivity contribution in [1.82, 2.24) is 19.4 Å². The predicted molar refractivity (Wildman–Crippen MR) is 120 cm³/mol. The summed E-state index contributed by atoms with van der Waals surface area (Å²) in [5.41, 5.74) is 1.13. The molecule has 3 aromatic rings. The zero-order valence-corrected chi connectivity index (χ0v) is 18.0. The number of fused-ring (bicyclic) bond motifs is 1. The first kappa shape index (κ1) is 20.6. The lowest BCUT2D eigenvalue weighted by Gasteiger charge is -2.33. The van der Waals surface area contributed by atoms with Crippen LogP contribution in [0.4, 0.5) is 0 Å². The second-order valence-corrected chi connectivity index (χ2v) is 8.47. The zero-order valence-electron chi connectivity index (χ0n) is 17.2. The molecule has 0 saturated heterocycles. The Morgan fingerprint density at radius 3 is 2.70 bits per heavy atom. The lowest BCUT2D eigenvalue weighted by Crippen LogP contribution is -2.42. The van der Waals surface area contributed by atoms with E-state index in [0.717, 1.165) is 12.8 Å². The van der Waals surface area contributed by atoms with E-state index in [4.69, 9.17) is 4.98 Å². The molecule has 1 aliphatic carbocycles. The van der Waals surface area contributed by atoms with Crippen molar-refractivity contribution < 1.29 is 4.79 Å². The van der Waals surface area contributed by atoms with Crippen LogP contribution in [0.5, 0.6) is 0 Å². The monoisotopic (exact) mass is 422 g/mol. The third kappa shape index (κ3) is 4.26. The van der Waals surface area contributed by atoms with Crippen molar-refractivity contribution in [1.29, 1.82) is 0 Å². The molecule has 1 aliphatic rings. The molecule has 0 spiro atoms. The quantitative estimate of drug-likeness (QED) is 0.443. The second-order valence-electron chi connectivity index (χ2n) is 7.52. The summed E-state index contributed by atoms with van der Waals surface area (Å²) < 4.78 is 1.56. The topological polar surface area (TPSA) is 68.1 Å². The van der Waals surface area contributed by atoms with Crippen LogP contribution in [0.15, 0.2) is 58.7 Å². The van der Waals surface area contributed by atoms with E-state index >= 15 is 0 Å². The lowest BCUT2D eigenvalue weighted by atomic mass is 9.94. The molecule has 2 aromatic heterocycles. The lowest BCUT2D eigenvalue weighted by molar-refractivity contribution is -0.131. The molecule has 0 aliphatic heterocycles. The summed E-state index contributed by atoms with van der Waals surface area (Å²) in [6.45, 7) is 2.75. The number of aromatic nitrogens is 3. The SMILES string of the molecule is CCN(C(=O)CSc1nc2ccccc2c(=O)n1-c1cccnc1)C1CCCCC1. The fraction of sp³-hybridized carbons (Fsp3) is 0.391. The summed E-state index contributed by atoms with van der Waals surface area (Å²) in [6.07, 6.45) is 9.11. The second kappa shape index (κ2) is 9.43. The zero-order chi connectivity index (χ0) is 20.9. The Hall–Kier alpha value is -2.67. The average molecular weight is 423 g/mol. The highest BCUT2D eigenvalue weighted by atomic mass is 32.2. The van der Waals surface area contributed by atoms with Crippen LogP contribution >= 0.6 is 11.8 Å². The molecule has 0 unspecified atom stereocenters. The maximum absolute atomic E-state index is 13.2.